The zero-order chi connectivity index (χ0) is 23.5. The van der Waals surface area contributed by atoms with Gasteiger partial charge in [-0.1, -0.05) is 60.7 Å². The summed E-state index contributed by atoms with van der Waals surface area (Å²) in [5, 5.41) is 5.79. The molecule has 166 valence electrons. The van der Waals surface area contributed by atoms with Crippen molar-refractivity contribution in [2.24, 2.45) is 0 Å². The van der Waals surface area contributed by atoms with Gasteiger partial charge in [0, 0.05) is 21.7 Å². The van der Waals surface area contributed by atoms with E-state index in [0.29, 0.717) is 0 Å². The summed E-state index contributed by atoms with van der Waals surface area (Å²) < 4.78 is 6.40. The Hall–Kier alpha value is -4.50. The Morgan fingerprint density at radius 2 is 1.51 bits per heavy atom. The van der Waals surface area contributed by atoms with Gasteiger partial charge in [0.15, 0.2) is 0 Å². The van der Waals surface area contributed by atoms with Crippen LogP contribution in [-0.4, -0.2) is 9.97 Å². The van der Waals surface area contributed by atoms with E-state index < -0.39 is 0 Å². The molecule has 5 aromatic carbocycles. The number of nitrogens with zero attached hydrogens (tertiary/aromatic N) is 2. The number of fused-ring (bicyclic) bond motifs is 5. The Balaban J connectivity index is 1.48. The van der Waals surface area contributed by atoms with Gasteiger partial charge in [0.2, 0.25) is 0 Å². The van der Waals surface area contributed by atoms with E-state index in [4.69, 9.17) is 9.40 Å². The zero-order valence-electron chi connectivity index (χ0n) is 19.5. The molecule has 0 spiro atoms. The zero-order valence-corrected chi connectivity index (χ0v) is 19.5. The second-order valence-electron chi connectivity index (χ2n) is 9.22. The molecule has 0 aliphatic rings. The fourth-order valence-electron chi connectivity index (χ4n) is 5.34. The summed E-state index contributed by atoms with van der Waals surface area (Å²) in [6, 6.07) is 32.0. The molecule has 0 aliphatic carbocycles. The highest BCUT2D eigenvalue weighted by Gasteiger charge is 2.18. The maximum absolute atomic E-state index is 6.40. The molecule has 0 N–H and O–H groups in total. The van der Waals surface area contributed by atoms with Gasteiger partial charge in [-0.2, -0.15) is 0 Å². The lowest BCUT2D eigenvalue weighted by atomic mass is 9.96. The van der Waals surface area contributed by atoms with Crippen molar-refractivity contribution in [1.29, 1.82) is 0 Å². The van der Waals surface area contributed by atoms with Crippen LogP contribution in [0.1, 0.15) is 11.1 Å². The molecule has 7 rings (SSSR count). The van der Waals surface area contributed by atoms with Gasteiger partial charge in [0.25, 0.3) is 0 Å². The lowest BCUT2D eigenvalue weighted by Crippen LogP contribution is -1.91. The maximum Gasteiger partial charge on any atom is 0.144 e. The van der Waals surface area contributed by atoms with Crippen molar-refractivity contribution in [3.05, 3.63) is 108 Å². The Kier molecular flexibility index (Phi) is 4.27. The van der Waals surface area contributed by atoms with Crippen LogP contribution in [0.5, 0.6) is 0 Å². The lowest BCUT2D eigenvalue weighted by Gasteiger charge is -2.10. The summed E-state index contributed by atoms with van der Waals surface area (Å²) >= 11 is 0. The van der Waals surface area contributed by atoms with E-state index in [0.717, 1.165) is 44.3 Å². The molecule has 0 fully saturated rings. The molecule has 0 bridgehead atoms. The van der Waals surface area contributed by atoms with Crippen LogP contribution in [0.25, 0.3) is 66.0 Å². The Bertz CT molecular complexity index is 1930. The number of hydrogen-bond donors (Lipinski definition) is 0. The van der Waals surface area contributed by atoms with Gasteiger partial charge in [-0.3, -0.25) is 0 Å². The van der Waals surface area contributed by atoms with Crippen LogP contribution in [0.4, 0.5) is 0 Å². The van der Waals surface area contributed by atoms with Crippen molar-refractivity contribution < 1.29 is 4.42 Å². The third-order valence-corrected chi connectivity index (χ3v) is 6.94. The van der Waals surface area contributed by atoms with Crippen molar-refractivity contribution >= 4 is 43.6 Å². The first kappa shape index (κ1) is 19.9. The van der Waals surface area contributed by atoms with E-state index in [-0.39, 0.29) is 0 Å². The predicted octanol–water partition coefficient (Wildman–Crippen LogP) is 8.63. The molecule has 0 aliphatic heterocycles. The quantitative estimate of drug-likeness (QED) is 0.265. The van der Waals surface area contributed by atoms with Gasteiger partial charge in [-0.25, -0.2) is 9.97 Å². The third-order valence-electron chi connectivity index (χ3n) is 6.94. The normalized spacial score (nSPS) is 11.7. The third kappa shape index (κ3) is 3.05. The van der Waals surface area contributed by atoms with Crippen molar-refractivity contribution in [2.75, 3.05) is 0 Å². The smallest absolute Gasteiger partial charge is 0.144 e. The summed E-state index contributed by atoms with van der Waals surface area (Å²) in [4.78, 5) is 9.39. The first-order valence-corrected chi connectivity index (χ1v) is 11.8. The molecule has 7 aromatic rings. The van der Waals surface area contributed by atoms with E-state index in [1.54, 1.807) is 6.33 Å². The number of furan rings is 1. The molecule has 0 unspecified atom stereocenters. The van der Waals surface area contributed by atoms with Crippen LogP contribution in [0.2, 0.25) is 0 Å². The number of rotatable bonds is 2. The fraction of sp³-hybridized carbons (Fsp3) is 0.0625. The van der Waals surface area contributed by atoms with Crippen LogP contribution in [-0.2, 0) is 0 Å². The first-order chi connectivity index (χ1) is 17.2. The number of aromatic nitrogens is 2. The monoisotopic (exact) mass is 450 g/mol. The molecule has 2 aromatic heterocycles. The molecular formula is C32H22N2O. The highest BCUT2D eigenvalue weighted by atomic mass is 16.3. The second kappa shape index (κ2) is 7.51. The minimum Gasteiger partial charge on any atom is -0.455 e. The maximum atomic E-state index is 6.40. The van der Waals surface area contributed by atoms with E-state index in [1.807, 2.05) is 12.1 Å². The van der Waals surface area contributed by atoms with Crippen LogP contribution < -0.4 is 0 Å². The highest BCUT2D eigenvalue weighted by molar-refractivity contribution is 6.13. The predicted molar refractivity (Wildman–Crippen MR) is 145 cm³/mol. The van der Waals surface area contributed by atoms with Gasteiger partial charge >= 0.3 is 0 Å². The number of benzene rings is 5. The average molecular weight is 451 g/mol. The van der Waals surface area contributed by atoms with Gasteiger partial charge in [-0.15, -0.1) is 0 Å². The molecule has 3 nitrogen and oxygen atoms in total. The Morgan fingerprint density at radius 3 is 2.46 bits per heavy atom. The Labute approximate surface area is 202 Å². The van der Waals surface area contributed by atoms with Crippen molar-refractivity contribution in [1.82, 2.24) is 9.97 Å². The van der Waals surface area contributed by atoms with Gasteiger partial charge in [0.05, 0.1) is 11.2 Å². The summed E-state index contributed by atoms with van der Waals surface area (Å²) in [7, 11) is 0. The second-order valence-corrected chi connectivity index (χ2v) is 9.22. The van der Waals surface area contributed by atoms with Crippen molar-refractivity contribution in [3.63, 3.8) is 0 Å². The topological polar surface area (TPSA) is 38.9 Å². The standard InChI is InChI=1S/C32H22N2O/c1-19-15-26-30-20(2)7-5-12-29(30)35-32(26)27(16-19)31-25-14-13-22(17-28(25)33-18-34-31)24-11-6-9-21-8-3-4-10-23(21)24/h3-18H,1-2H3. The van der Waals surface area contributed by atoms with Gasteiger partial charge in [-0.05, 0) is 77.2 Å². The van der Waals surface area contributed by atoms with E-state index in [9.17, 15) is 0 Å². The van der Waals surface area contributed by atoms with Crippen LogP contribution >= 0.6 is 0 Å². The molecule has 0 radical (unpaired) electrons. The van der Waals surface area contributed by atoms with Gasteiger partial charge < -0.3 is 4.42 Å². The number of aryl methyl sites for hydroxylation is 2. The molecule has 35 heavy (non-hydrogen) atoms. The molecule has 2 heterocycles. The minimum atomic E-state index is 0.873. The molecule has 0 atom stereocenters. The molecule has 0 saturated heterocycles. The molecular weight excluding hydrogens is 428 g/mol. The van der Waals surface area contributed by atoms with E-state index >= 15 is 0 Å². The Morgan fingerprint density at radius 1 is 0.657 bits per heavy atom. The summed E-state index contributed by atoms with van der Waals surface area (Å²) in [6.07, 6.45) is 1.66. The molecule has 3 heteroatoms. The molecule has 0 saturated carbocycles. The lowest BCUT2D eigenvalue weighted by molar-refractivity contribution is 0.669. The van der Waals surface area contributed by atoms with E-state index in [1.165, 1.54) is 32.8 Å². The largest absolute Gasteiger partial charge is 0.455 e. The fourth-order valence-corrected chi connectivity index (χ4v) is 5.34. The highest BCUT2D eigenvalue weighted by Crippen LogP contribution is 2.40. The summed E-state index contributed by atoms with van der Waals surface area (Å²) in [6.45, 7) is 4.26. The number of hydrogen-bond acceptors (Lipinski definition) is 3. The minimum absolute atomic E-state index is 0.873. The van der Waals surface area contributed by atoms with Gasteiger partial charge in [0.1, 0.15) is 17.5 Å². The van der Waals surface area contributed by atoms with Crippen LogP contribution in [0.3, 0.4) is 0 Å². The average Bonchev–Trinajstić information content (AvgIpc) is 3.27. The van der Waals surface area contributed by atoms with Crippen molar-refractivity contribution in [2.45, 2.75) is 13.8 Å². The first-order valence-electron chi connectivity index (χ1n) is 11.8. The van der Waals surface area contributed by atoms with Crippen LogP contribution in [0.15, 0.2) is 102 Å². The van der Waals surface area contributed by atoms with Crippen LogP contribution in [0, 0.1) is 13.8 Å². The SMILES string of the molecule is Cc1cc(-c2ncnc3cc(-c4cccc5ccccc45)ccc23)c2oc3cccc(C)c3c2c1. The van der Waals surface area contributed by atoms with Crippen molar-refractivity contribution in [3.8, 4) is 22.4 Å². The summed E-state index contributed by atoms with van der Waals surface area (Å²) in [5.74, 6) is 0. The van der Waals surface area contributed by atoms with E-state index in [2.05, 4.69) is 97.7 Å². The summed E-state index contributed by atoms with van der Waals surface area (Å²) in [5.41, 5.74) is 9.33. The molecule has 0 amide bonds.